The molecular formula is C9H19NO3S. The summed E-state index contributed by atoms with van der Waals surface area (Å²) in [7, 11) is -3.07. The molecule has 0 aliphatic carbocycles. The van der Waals surface area contributed by atoms with Crippen molar-refractivity contribution in [2.24, 2.45) is 5.73 Å². The first-order valence-electron chi connectivity index (χ1n) is 5.02. The van der Waals surface area contributed by atoms with Gasteiger partial charge in [0, 0.05) is 19.3 Å². The first-order valence-corrected chi connectivity index (χ1v) is 6.63. The molecular weight excluding hydrogens is 202 g/mol. The summed E-state index contributed by atoms with van der Waals surface area (Å²) in [6.07, 6.45) is 1.22. The maximum atomic E-state index is 12.0. The minimum Gasteiger partial charge on any atom is -0.381 e. The summed E-state index contributed by atoms with van der Waals surface area (Å²) in [4.78, 5) is 0. The van der Waals surface area contributed by atoms with Crippen molar-refractivity contribution in [2.75, 3.05) is 13.2 Å². The van der Waals surface area contributed by atoms with Crippen molar-refractivity contribution in [2.45, 2.75) is 43.2 Å². The van der Waals surface area contributed by atoms with Gasteiger partial charge in [0.2, 0.25) is 0 Å². The second-order valence-electron chi connectivity index (χ2n) is 3.96. The highest BCUT2D eigenvalue weighted by molar-refractivity contribution is 7.92. The molecule has 1 saturated heterocycles. The molecule has 1 aliphatic rings. The van der Waals surface area contributed by atoms with Gasteiger partial charge in [-0.25, -0.2) is 8.42 Å². The zero-order valence-corrected chi connectivity index (χ0v) is 9.59. The van der Waals surface area contributed by atoms with Gasteiger partial charge >= 0.3 is 0 Å². The van der Waals surface area contributed by atoms with Gasteiger partial charge in [0.15, 0.2) is 9.84 Å². The van der Waals surface area contributed by atoms with E-state index in [0.717, 1.165) is 0 Å². The van der Waals surface area contributed by atoms with Crippen LogP contribution in [-0.2, 0) is 14.6 Å². The van der Waals surface area contributed by atoms with Gasteiger partial charge in [0.1, 0.15) is 0 Å². The maximum Gasteiger partial charge on any atom is 0.157 e. The Morgan fingerprint density at radius 3 is 2.21 bits per heavy atom. The van der Waals surface area contributed by atoms with E-state index in [9.17, 15) is 8.42 Å². The van der Waals surface area contributed by atoms with E-state index in [-0.39, 0.29) is 11.3 Å². The number of ether oxygens (including phenoxy) is 1. The van der Waals surface area contributed by atoms with E-state index in [1.807, 2.05) is 0 Å². The molecule has 0 aromatic carbocycles. The van der Waals surface area contributed by atoms with Gasteiger partial charge in [-0.05, 0) is 26.7 Å². The van der Waals surface area contributed by atoms with Crippen LogP contribution in [0.5, 0.6) is 0 Å². The molecule has 2 unspecified atom stereocenters. The van der Waals surface area contributed by atoms with Crippen molar-refractivity contribution in [1.29, 1.82) is 0 Å². The molecule has 2 N–H and O–H groups in total. The molecule has 0 radical (unpaired) electrons. The predicted molar refractivity (Wildman–Crippen MR) is 55.9 cm³/mol. The van der Waals surface area contributed by atoms with Crippen LogP contribution >= 0.6 is 0 Å². The molecule has 1 aliphatic heterocycles. The standard InChI is InChI=1S/C9H19NO3S/c1-7(10)8(2)14(11,12)9-3-5-13-6-4-9/h7-9H,3-6,10H2,1-2H3. The van der Waals surface area contributed by atoms with Crippen molar-refractivity contribution >= 4 is 9.84 Å². The minimum absolute atomic E-state index is 0.253. The van der Waals surface area contributed by atoms with E-state index in [4.69, 9.17) is 10.5 Å². The van der Waals surface area contributed by atoms with Gasteiger partial charge in [0.25, 0.3) is 0 Å². The predicted octanol–water partition coefficient (Wildman–Crippen LogP) is 0.316. The number of hydrogen-bond donors (Lipinski definition) is 1. The van der Waals surface area contributed by atoms with Gasteiger partial charge in [0.05, 0.1) is 10.5 Å². The fraction of sp³-hybridized carbons (Fsp3) is 1.00. The molecule has 1 rings (SSSR count). The normalized spacial score (nSPS) is 24.5. The Morgan fingerprint density at radius 2 is 1.79 bits per heavy atom. The highest BCUT2D eigenvalue weighted by atomic mass is 32.2. The summed E-state index contributed by atoms with van der Waals surface area (Å²) in [6, 6.07) is -0.303. The molecule has 14 heavy (non-hydrogen) atoms. The highest BCUT2D eigenvalue weighted by Gasteiger charge is 2.34. The molecule has 2 atom stereocenters. The maximum absolute atomic E-state index is 12.0. The molecule has 4 nitrogen and oxygen atoms in total. The van der Waals surface area contributed by atoms with Crippen LogP contribution in [0.3, 0.4) is 0 Å². The van der Waals surface area contributed by atoms with Crippen LogP contribution in [0.25, 0.3) is 0 Å². The Balaban J connectivity index is 2.73. The zero-order chi connectivity index (χ0) is 10.8. The van der Waals surface area contributed by atoms with E-state index in [1.54, 1.807) is 13.8 Å². The molecule has 84 valence electrons. The SMILES string of the molecule is CC(N)C(C)S(=O)(=O)C1CCOCC1. The lowest BCUT2D eigenvalue weighted by atomic mass is 10.2. The van der Waals surface area contributed by atoms with Crippen LogP contribution in [0, 0.1) is 0 Å². The van der Waals surface area contributed by atoms with Crippen LogP contribution < -0.4 is 5.73 Å². The topological polar surface area (TPSA) is 69.4 Å². The smallest absolute Gasteiger partial charge is 0.157 e. The van der Waals surface area contributed by atoms with Crippen LogP contribution in [0.2, 0.25) is 0 Å². The third-order valence-corrected chi connectivity index (χ3v) is 5.76. The van der Waals surface area contributed by atoms with Crippen LogP contribution in [0.15, 0.2) is 0 Å². The number of nitrogens with two attached hydrogens (primary N) is 1. The van der Waals surface area contributed by atoms with Gasteiger partial charge in [-0.1, -0.05) is 0 Å². The van der Waals surface area contributed by atoms with Crippen molar-refractivity contribution in [3.63, 3.8) is 0 Å². The summed E-state index contributed by atoms with van der Waals surface area (Å²) >= 11 is 0. The largest absolute Gasteiger partial charge is 0.381 e. The van der Waals surface area contributed by atoms with Crippen LogP contribution in [-0.4, -0.2) is 38.2 Å². The second kappa shape index (κ2) is 4.59. The third-order valence-electron chi connectivity index (χ3n) is 2.89. The first-order chi connectivity index (χ1) is 6.46. The molecule has 1 heterocycles. The Bertz CT molecular complexity index is 268. The summed E-state index contributed by atoms with van der Waals surface area (Å²) in [5, 5.41) is -0.706. The zero-order valence-electron chi connectivity index (χ0n) is 8.77. The molecule has 0 aromatic heterocycles. The quantitative estimate of drug-likeness (QED) is 0.745. The molecule has 1 fully saturated rings. The monoisotopic (exact) mass is 221 g/mol. The summed E-state index contributed by atoms with van der Waals surface area (Å²) in [6.45, 7) is 4.53. The van der Waals surface area contributed by atoms with Crippen LogP contribution in [0.1, 0.15) is 26.7 Å². The molecule has 0 aromatic rings. The minimum atomic E-state index is -3.07. The van der Waals surface area contributed by atoms with E-state index in [1.165, 1.54) is 0 Å². The van der Waals surface area contributed by atoms with E-state index in [0.29, 0.717) is 26.1 Å². The molecule has 5 heteroatoms. The second-order valence-corrected chi connectivity index (χ2v) is 6.55. The Kier molecular flexibility index (Phi) is 3.92. The lowest BCUT2D eigenvalue weighted by Crippen LogP contribution is -2.42. The Labute approximate surface area is 85.7 Å². The summed E-state index contributed by atoms with van der Waals surface area (Å²) in [5.41, 5.74) is 5.62. The average Bonchev–Trinajstić information content (AvgIpc) is 2.18. The molecule has 0 bridgehead atoms. The van der Waals surface area contributed by atoms with E-state index in [2.05, 4.69) is 0 Å². The van der Waals surface area contributed by atoms with Crippen molar-refractivity contribution in [3.8, 4) is 0 Å². The van der Waals surface area contributed by atoms with Gasteiger partial charge < -0.3 is 10.5 Å². The van der Waals surface area contributed by atoms with Crippen molar-refractivity contribution in [3.05, 3.63) is 0 Å². The van der Waals surface area contributed by atoms with Crippen molar-refractivity contribution < 1.29 is 13.2 Å². The van der Waals surface area contributed by atoms with E-state index >= 15 is 0 Å². The van der Waals surface area contributed by atoms with Crippen LogP contribution in [0.4, 0.5) is 0 Å². The summed E-state index contributed by atoms with van der Waals surface area (Å²) < 4.78 is 29.1. The lowest BCUT2D eigenvalue weighted by Gasteiger charge is -2.26. The van der Waals surface area contributed by atoms with Gasteiger partial charge in [-0.15, -0.1) is 0 Å². The van der Waals surface area contributed by atoms with Crippen molar-refractivity contribution in [1.82, 2.24) is 0 Å². The average molecular weight is 221 g/mol. The highest BCUT2D eigenvalue weighted by Crippen LogP contribution is 2.21. The van der Waals surface area contributed by atoms with Gasteiger partial charge in [-0.3, -0.25) is 0 Å². The fourth-order valence-electron chi connectivity index (χ4n) is 1.61. The number of sulfone groups is 1. The lowest BCUT2D eigenvalue weighted by molar-refractivity contribution is 0.0982. The fourth-order valence-corrected chi connectivity index (χ4v) is 3.66. The molecule has 0 saturated carbocycles. The Morgan fingerprint density at radius 1 is 1.29 bits per heavy atom. The molecule has 0 amide bonds. The Hall–Kier alpha value is -0.130. The third kappa shape index (κ3) is 2.46. The molecule has 0 spiro atoms. The van der Waals surface area contributed by atoms with Gasteiger partial charge in [-0.2, -0.15) is 0 Å². The van der Waals surface area contributed by atoms with E-state index < -0.39 is 15.1 Å². The number of hydrogen-bond acceptors (Lipinski definition) is 4. The summed E-state index contributed by atoms with van der Waals surface area (Å²) in [5.74, 6) is 0. The number of rotatable bonds is 3. The first kappa shape index (κ1) is 11.9.